The van der Waals surface area contributed by atoms with Crippen LogP contribution in [0.5, 0.6) is 0 Å². The smallest absolute Gasteiger partial charge is 0.258 e. The van der Waals surface area contributed by atoms with Gasteiger partial charge in [0.15, 0.2) is 4.90 Å². The fourth-order valence-corrected chi connectivity index (χ4v) is 2.16. The first-order valence-corrected chi connectivity index (χ1v) is 5.62. The molecule has 1 N–H and O–H groups in total. The van der Waals surface area contributed by atoms with Crippen molar-refractivity contribution in [2.24, 2.45) is 0 Å². The molecule has 0 heterocycles. The van der Waals surface area contributed by atoms with Gasteiger partial charge >= 0.3 is 0 Å². The molecule has 0 saturated carbocycles. The van der Waals surface area contributed by atoms with Crippen molar-refractivity contribution in [2.45, 2.75) is 4.90 Å². The Morgan fingerprint density at radius 2 is 1.93 bits per heavy atom. The monoisotopic (exact) mass is 280 g/mol. The first-order valence-electron chi connectivity index (χ1n) is 3.35. The van der Waals surface area contributed by atoms with Gasteiger partial charge in [0.1, 0.15) is 0 Å². The van der Waals surface area contributed by atoms with E-state index in [-0.39, 0.29) is 4.90 Å². The highest BCUT2D eigenvalue weighted by Crippen LogP contribution is 2.22. The average Bonchev–Trinajstić information content (AvgIpc) is 2.18. The maximum absolute atomic E-state index is 11.3. The van der Waals surface area contributed by atoms with E-state index in [2.05, 4.69) is 16.1 Å². The van der Waals surface area contributed by atoms with Crippen LogP contribution in [-0.4, -0.2) is 13.3 Å². The summed E-state index contributed by atoms with van der Waals surface area (Å²) >= 11 is 2.53. The zero-order valence-electron chi connectivity index (χ0n) is 6.68. The van der Waals surface area contributed by atoms with Crippen molar-refractivity contribution in [3.05, 3.63) is 34.4 Å². The largest absolute Gasteiger partial charge is 0.289 e. The quantitative estimate of drug-likeness (QED) is 0.512. The summed E-state index contributed by atoms with van der Waals surface area (Å²) in [5.41, 5.74) is -0.459. The van der Waals surface area contributed by atoms with Gasteiger partial charge in [0.2, 0.25) is 0 Å². The van der Waals surface area contributed by atoms with Gasteiger partial charge in [0, 0.05) is 22.2 Å². The van der Waals surface area contributed by atoms with Crippen LogP contribution >= 0.6 is 16.1 Å². The summed E-state index contributed by atoms with van der Waals surface area (Å²) in [6.45, 7) is 0. The van der Waals surface area contributed by atoms with Crippen molar-refractivity contribution in [3.8, 4) is 0 Å². The van der Waals surface area contributed by atoms with Gasteiger partial charge in [-0.2, -0.15) is 0 Å². The lowest BCUT2D eigenvalue weighted by atomic mass is 10.3. The second kappa shape index (κ2) is 4.03. The van der Waals surface area contributed by atoms with Gasteiger partial charge in [-0.3, -0.25) is 10.1 Å². The third kappa shape index (κ3) is 2.08. The van der Waals surface area contributed by atoms with Gasteiger partial charge in [-0.1, -0.05) is 12.1 Å². The molecule has 0 aromatic heterocycles. The molecule has 0 aliphatic heterocycles. The molecule has 0 bridgehead atoms. The van der Waals surface area contributed by atoms with E-state index in [0.29, 0.717) is 0 Å². The van der Waals surface area contributed by atoms with Gasteiger partial charge in [-0.25, -0.2) is 8.42 Å². The van der Waals surface area contributed by atoms with Crippen LogP contribution in [0.1, 0.15) is 0 Å². The maximum atomic E-state index is 11.3. The van der Waals surface area contributed by atoms with Gasteiger partial charge in [-0.15, -0.1) is 3.75 Å². The minimum atomic E-state index is -3.85. The number of sulfonamides is 1. The number of benzene rings is 1. The second-order valence-corrected chi connectivity index (χ2v) is 4.88. The number of nitrogens with one attached hydrogen (secondary N) is 1. The third-order valence-electron chi connectivity index (χ3n) is 1.45. The van der Waals surface area contributed by atoms with Crippen LogP contribution in [0.3, 0.4) is 0 Å². The molecule has 1 rings (SSSR count). The Labute approximate surface area is 88.5 Å². The first kappa shape index (κ1) is 11.1. The van der Waals surface area contributed by atoms with E-state index >= 15 is 0 Å². The Morgan fingerprint density at radius 3 is 2.43 bits per heavy atom. The Balaban J connectivity index is 3.42. The van der Waals surface area contributed by atoms with Gasteiger partial charge in [-0.05, 0) is 6.07 Å². The van der Waals surface area contributed by atoms with Crippen LogP contribution in [0.15, 0.2) is 29.2 Å². The average molecular weight is 281 g/mol. The molecule has 0 atom stereocenters. The summed E-state index contributed by atoms with van der Waals surface area (Å²) in [5, 5.41) is 10.5. The first-order chi connectivity index (χ1) is 6.49. The summed E-state index contributed by atoms with van der Waals surface area (Å²) in [5.74, 6) is 0. The second-order valence-electron chi connectivity index (χ2n) is 2.31. The van der Waals surface area contributed by atoms with Crippen LogP contribution in [0.25, 0.3) is 0 Å². The Morgan fingerprint density at radius 1 is 1.36 bits per heavy atom. The van der Waals surface area contributed by atoms with E-state index in [9.17, 15) is 18.5 Å². The van der Waals surface area contributed by atoms with Crippen LogP contribution in [0.4, 0.5) is 5.69 Å². The summed E-state index contributed by atoms with van der Waals surface area (Å²) in [7, 11) is -3.85. The molecule has 14 heavy (non-hydrogen) atoms. The highest BCUT2D eigenvalue weighted by atomic mass is 79.9. The number of hydrogen-bond donors (Lipinski definition) is 1. The van der Waals surface area contributed by atoms with Crippen molar-refractivity contribution in [1.29, 1.82) is 0 Å². The zero-order valence-corrected chi connectivity index (χ0v) is 9.08. The number of nitrogens with zero attached hydrogens (tertiary/aromatic N) is 1. The zero-order chi connectivity index (χ0) is 10.8. The van der Waals surface area contributed by atoms with Crippen molar-refractivity contribution >= 4 is 31.9 Å². The fourth-order valence-electron chi connectivity index (χ4n) is 0.877. The maximum Gasteiger partial charge on any atom is 0.289 e. The van der Waals surface area contributed by atoms with Crippen molar-refractivity contribution in [1.82, 2.24) is 3.75 Å². The molecule has 0 amide bonds. The van der Waals surface area contributed by atoms with Crippen LogP contribution in [0, 0.1) is 10.1 Å². The highest BCUT2D eigenvalue weighted by Gasteiger charge is 2.23. The fraction of sp³-hybridized carbons (Fsp3) is 0. The molecule has 8 heteroatoms. The predicted molar refractivity (Wildman–Crippen MR) is 52.3 cm³/mol. The van der Waals surface area contributed by atoms with Gasteiger partial charge < -0.3 is 0 Å². The molecule has 0 aliphatic carbocycles. The number of nitro benzene ring substituents is 1. The number of halogens is 1. The van der Waals surface area contributed by atoms with E-state index in [1.165, 1.54) is 12.1 Å². The highest BCUT2D eigenvalue weighted by molar-refractivity contribution is 9.09. The molecule has 1 aromatic carbocycles. The molecule has 0 unspecified atom stereocenters. The molecule has 0 radical (unpaired) electrons. The van der Waals surface area contributed by atoms with Crippen molar-refractivity contribution in [2.75, 3.05) is 0 Å². The molecular formula is C6H5BrN2O4S. The lowest BCUT2D eigenvalue weighted by Crippen LogP contribution is -2.14. The standard InChI is InChI=1S/C6H5BrN2O4S/c7-8-14(12,13)6-4-2-1-3-5(6)9(10)11/h1-4,8H. The van der Waals surface area contributed by atoms with E-state index in [0.717, 1.165) is 12.1 Å². The molecule has 0 saturated heterocycles. The van der Waals surface area contributed by atoms with Crippen LogP contribution < -0.4 is 3.75 Å². The Hall–Kier alpha value is -0.990. The molecule has 0 spiro atoms. The third-order valence-corrected chi connectivity index (χ3v) is 3.86. The minimum absolute atomic E-state index is 0.373. The number of nitro groups is 1. The molecule has 76 valence electrons. The number of rotatable bonds is 3. The predicted octanol–water partition coefficient (Wildman–Crippen LogP) is 1.18. The van der Waals surface area contributed by atoms with Crippen LogP contribution in [0.2, 0.25) is 0 Å². The summed E-state index contributed by atoms with van der Waals surface area (Å²) < 4.78 is 24.4. The Bertz CT molecular complexity index is 459. The van der Waals surface area contributed by atoms with Crippen molar-refractivity contribution < 1.29 is 13.3 Å². The summed E-state index contributed by atoms with van der Waals surface area (Å²) in [6, 6.07) is 5.08. The van der Waals surface area contributed by atoms with E-state index in [1.807, 2.05) is 3.75 Å². The van der Waals surface area contributed by atoms with Gasteiger partial charge in [0.05, 0.1) is 4.92 Å². The number of para-hydroxylation sites is 1. The number of hydrogen-bond acceptors (Lipinski definition) is 4. The normalized spacial score (nSPS) is 11.2. The minimum Gasteiger partial charge on any atom is -0.258 e. The molecular weight excluding hydrogens is 276 g/mol. The Kier molecular flexibility index (Phi) is 3.19. The van der Waals surface area contributed by atoms with E-state index in [1.54, 1.807) is 0 Å². The topological polar surface area (TPSA) is 89.3 Å². The molecule has 0 fully saturated rings. The van der Waals surface area contributed by atoms with Crippen molar-refractivity contribution in [3.63, 3.8) is 0 Å². The molecule has 6 nitrogen and oxygen atoms in total. The lowest BCUT2D eigenvalue weighted by molar-refractivity contribution is -0.387. The van der Waals surface area contributed by atoms with E-state index in [4.69, 9.17) is 0 Å². The summed E-state index contributed by atoms with van der Waals surface area (Å²) in [4.78, 5) is 9.36. The lowest BCUT2D eigenvalue weighted by Gasteiger charge is -2.01. The SMILES string of the molecule is O=[N+]([O-])c1ccccc1S(=O)(=O)NBr. The van der Waals surface area contributed by atoms with Gasteiger partial charge in [0.25, 0.3) is 15.7 Å². The molecule has 0 aliphatic rings. The van der Waals surface area contributed by atoms with E-state index < -0.39 is 20.6 Å². The summed E-state index contributed by atoms with van der Waals surface area (Å²) in [6.07, 6.45) is 0. The molecule has 1 aromatic rings. The van der Waals surface area contributed by atoms with Crippen LogP contribution in [-0.2, 0) is 10.0 Å².